The molecule has 0 aromatic heterocycles. The SMILES string of the molecule is CC(CC#N)c1ccccc1Cl.CC(CC(=O)O)c1ccccc1Cl.CC(CO)c1ccccc1Cl.CC(COS(C)(=O)=O)c1ccccc1Cl.COC(=O)C(C)c1ccccc1Cl.COC(=O)CC(C)c1ccccc1Cl.COC(=O)Cc1ccccc1Cl.O=C(O)Cc1ccccc1Cl. The van der Waals surface area contributed by atoms with E-state index in [0.29, 0.717) is 48.5 Å². The van der Waals surface area contributed by atoms with E-state index in [1.807, 2.05) is 174 Å². The van der Waals surface area contributed by atoms with E-state index in [1.165, 1.54) is 21.3 Å². The number of carbonyl (C=O) groups excluding carboxylic acids is 3. The fourth-order valence-corrected chi connectivity index (χ4v) is 11.4. The van der Waals surface area contributed by atoms with Gasteiger partial charge in [-0.25, -0.2) is 0 Å². The van der Waals surface area contributed by atoms with Crippen molar-refractivity contribution in [2.75, 3.05) is 40.8 Å². The lowest BCUT2D eigenvalue weighted by molar-refractivity contribution is -0.142. The number of nitriles is 1. The summed E-state index contributed by atoms with van der Waals surface area (Å²) < 4.78 is 40.0. The molecule has 0 aliphatic carbocycles. The van der Waals surface area contributed by atoms with Gasteiger partial charge in [0, 0.05) is 65.0 Å². The van der Waals surface area contributed by atoms with Crippen molar-refractivity contribution in [3.63, 3.8) is 0 Å². The lowest BCUT2D eigenvalue weighted by Gasteiger charge is -2.12. The van der Waals surface area contributed by atoms with E-state index in [9.17, 15) is 32.4 Å². The van der Waals surface area contributed by atoms with Crippen molar-refractivity contribution in [2.24, 2.45) is 0 Å². The van der Waals surface area contributed by atoms with Crippen LogP contribution in [0.3, 0.4) is 0 Å². The van der Waals surface area contributed by atoms with Crippen molar-refractivity contribution >= 4 is 133 Å². The molecule has 0 bridgehead atoms. The van der Waals surface area contributed by atoms with E-state index in [4.69, 9.17) is 118 Å². The molecule has 8 rings (SSSR count). The van der Waals surface area contributed by atoms with Crippen molar-refractivity contribution in [2.45, 2.75) is 109 Å². The van der Waals surface area contributed by atoms with Crippen LogP contribution in [0.1, 0.15) is 141 Å². The summed E-state index contributed by atoms with van der Waals surface area (Å²) >= 11 is 47.1. The van der Waals surface area contributed by atoms with Gasteiger partial charge in [0.2, 0.25) is 0 Å². The lowest BCUT2D eigenvalue weighted by atomic mass is 9.98. The largest absolute Gasteiger partial charge is 0.481 e. The summed E-state index contributed by atoms with van der Waals surface area (Å²) in [6.45, 7) is 11.7. The van der Waals surface area contributed by atoms with Crippen LogP contribution in [-0.2, 0) is 65.3 Å². The van der Waals surface area contributed by atoms with Crippen LogP contribution in [0.25, 0.3) is 0 Å². The number of hydrogen-bond acceptors (Lipinski definition) is 13. The van der Waals surface area contributed by atoms with E-state index < -0.39 is 22.1 Å². The van der Waals surface area contributed by atoms with Gasteiger partial charge >= 0.3 is 29.8 Å². The van der Waals surface area contributed by atoms with Crippen LogP contribution in [-0.4, -0.2) is 94.4 Å². The summed E-state index contributed by atoms with van der Waals surface area (Å²) in [6, 6.07) is 60.9. The highest BCUT2D eigenvalue weighted by Crippen LogP contribution is 2.30. The van der Waals surface area contributed by atoms with Gasteiger partial charge in [-0.2, -0.15) is 13.7 Å². The van der Waals surface area contributed by atoms with Crippen LogP contribution in [0.5, 0.6) is 0 Å². The fraction of sp³-hybridized carbons (Fsp3) is 0.299. The first-order valence-electron chi connectivity index (χ1n) is 31.2. The maximum atomic E-state index is 11.2. The standard InChI is InChI=1S/C11H13ClO2.C10H10ClN.C10H13ClO3S.2C10H11ClO2.C9H9ClO2.C9H11ClO.C8H7ClO2/c1-8(7-11(13)14-2)9-5-3-4-6-10(9)12;1-8(6-7-12)9-4-2-3-5-10(9)11;1-8(7-14-15(2,12)13)9-5-3-4-6-10(9)11;1-7(10(12)13-2)8-5-3-4-6-9(8)11;1-7(6-10(12)13)8-4-2-3-5-9(8)11;1-12-9(11)6-7-4-2-3-5-8(7)10;1-7(6-11)8-4-2-3-5-9(8)10;9-7-4-2-1-3-6(7)5-8(10)11/h3-6,8H,7H2,1-2H3;2-5,8H,6H2,1H3;3-6,8H,7H2,1-2H3;3-7H,1-2H3;2-5,7H,6H2,1H3,(H,12,13);2-5H,6H2,1H3;2-5,7,11H,6H2,1H3;1-4H,5H2,(H,10,11). The highest BCUT2D eigenvalue weighted by Gasteiger charge is 2.19. The van der Waals surface area contributed by atoms with Crippen molar-refractivity contribution in [1.29, 1.82) is 5.26 Å². The number of esters is 3. The maximum Gasteiger partial charge on any atom is 0.312 e. The Hall–Kier alpha value is -7.21. The predicted octanol–water partition coefficient (Wildman–Crippen LogP) is 20.8. The number of benzene rings is 8. The second-order valence-corrected chi connectivity index (χ2v) is 27.2. The first kappa shape index (κ1) is 91.8. The first-order chi connectivity index (χ1) is 47.8. The Morgan fingerprint density at radius 3 is 1.02 bits per heavy atom. The average Bonchev–Trinajstić information content (AvgIpc) is 0.918. The number of halogens is 8. The second kappa shape index (κ2) is 51.0. The molecule has 0 amide bonds. The van der Waals surface area contributed by atoms with E-state index in [1.54, 1.807) is 61.5 Å². The molecule has 0 aliphatic heterocycles. The number of methoxy groups -OCH3 is 3. The summed E-state index contributed by atoms with van der Waals surface area (Å²) in [5.41, 5.74) is 7.09. The number of hydrogen-bond donors (Lipinski definition) is 3. The molecule has 3 N–H and O–H groups in total. The minimum absolute atomic E-state index is 0.0142. The van der Waals surface area contributed by atoms with Crippen LogP contribution in [0.4, 0.5) is 0 Å². The molecule has 0 radical (unpaired) electrons. The predicted molar refractivity (Wildman–Crippen MR) is 408 cm³/mol. The monoisotopic (exact) mass is 1560 g/mol. The van der Waals surface area contributed by atoms with Gasteiger partial charge in [0.05, 0.1) is 71.9 Å². The zero-order valence-corrected chi connectivity index (χ0v) is 64.5. The van der Waals surface area contributed by atoms with Gasteiger partial charge < -0.3 is 29.5 Å². The summed E-state index contributed by atoms with van der Waals surface area (Å²) in [6.07, 6.45) is 2.25. The Balaban J connectivity index is 0.000000578. The van der Waals surface area contributed by atoms with Gasteiger partial charge in [-0.15, -0.1) is 0 Å². The Morgan fingerprint density at radius 1 is 0.406 bits per heavy atom. The fourth-order valence-electron chi connectivity index (χ4n) is 8.65. The molecule has 0 fully saturated rings. The summed E-state index contributed by atoms with van der Waals surface area (Å²) in [5.74, 6) is -2.36. The van der Waals surface area contributed by atoms with Gasteiger partial charge in [-0.3, -0.25) is 28.2 Å². The lowest BCUT2D eigenvalue weighted by Crippen LogP contribution is -2.10. The van der Waals surface area contributed by atoms with Crippen molar-refractivity contribution < 1.29 is 66.1 Å². The first-order valence-corrected chi connectivity index (χ1v) is 36.0. The number of ether oxygens (including phenoxy) is 3. The molecule has 8 aromatic carbocycles. The van der Waals surface area contributed by atoms with E-state index in [-0.39, 0.29) is 85.9 Å². The Morgan fingerprint density at radius 2 is 0.713 bits per heavy atom. The highest BCUT2D eigenvalue weighted by molar-refractivity contribution is 7.86. The van der Waals surface area contributed by atoms with E-state index in [2.05, 4.69) is 20.3 Å². The van der Waals surface area contributed by atoms with Crippen molar-refractivity contribution in [3.05, 3.63) is 279 Å². The van der Waals surface area contributed by atoms with E-state index >= 15 is 0 Å². The Bertz CT molecular complexity index is 3990. The molecule has 101 heavy (non-hydrogen) atoms. The second-order valence-electron chi connectivity index (χ2n) is 22.3. The summed E-state index contributed by atoms with van der Waals surface area (Å²) in [7, 11) is 0.738. The third kappa shape index (κ3) is 38.0. The highest BCUT2D eigenvalue weighted by atomic mass is 35.5. The molecule has 0 saturated heterocycles. The minimum atomic E-state index is -3.38. The number of aliphatic hydroxyl groups is 1. The van der Waals surface area contributed by atoms with Crippen LogP contribution in [0.2, 0.25) is 40.2 Å². The molecule has 6 atom stereocenters. The molecule has 0 spiro atoms. The number of aliphatic carboxylic acids is 2. The van der Waals surface area contributed by atoms with Gasteiger partial charge in [-0.1, -0.05) is 273 Å². The zero-order chi connectivity index (χ0) is 76.2. The number of carboxylic acid groups (broad SMARTS) is 2. The molecule has 0 heterocycles. The molecular weight excluding hydrogens is 1480 g/mol. The van der Waals surface area contributed by atoms with Crippen molar-refractivity contribution in [3.8, 4) is 6.07 Å². The molecule has 0 saturated carbocycles. The third-order valence-corrected chi connectivity index (χ3v) is 17.7. The Kier molecular flexibility index (Phi) is 46.4. The zero-order valence-electron chi connectivity index (χ0n) is 57.6. The quantitative estimate of drug-likeness (QED) is 0.0365. The molecule has 15 nitrogen and oxygen atoms in total. The Labute approximate surface area is 634 Å². The molecule has 0 aliphatic rings. The number of carboxylic acids is 2. The number of carbonyl (C=O) groups is 5. The molecule has 24 heteroatoms. The maximum absolute atomic E-state index is 11.2. The smallest absolute Gasteiger partial charge is 0.312 e. The molecular formula is C77H85Cl8NO14S. The molecule has 544 valence electrons. The third-order valence-electron chi connectivity index (χ3n) is 14.3. The average molecular weight is 1560 g/mol. The number of rotatable bonds is 20. The van der Waals surface area contributed by atoms with Crippen molar-refractivity contribution in [1.82, 2.24) is 0 Å². The number of nitrogens with zero attached hydrogens (tertiary/aromatic N) is 1. The van der Waals surface area contributed by atoms with E-state index in [0.717, 1.165) is 55.2 Å². The number of aliphatic hydroxyl groups excluding tert-OH is 1. The van der Waals surface area contributed by atoms with Gasteiger partial charge in [0.1, 0.15) is 0 Å². The summed E-state index contributed by atoms with van der Waals surface area (Å²) in [5, 5.41) is 39.5. The normalized spacial score (nSPS) is 11.9. The molecule has 8 aromatic rings. The molecule has 6 unspecified atom stereocenters. The van der Waals surface area contributed by atoms with Crippen LogP contribution in [0.15, 0.2) is 194 Å². The van der Waals surface area contributed by atoms with Crippen LogP contribution >= 0.6 is 92.8 Å². The van der Waals surface area contributed by atoms with Gasteiger partial charge in [0.25, 0.3) is 10.1 Å². The topological polar surface area (TPSA) is 241 Å². The van der Waals surface area contributed by atoms with Gasteiger partial charge in [0.15, 0.2) is 0 Å². The summed E-state index contributed by atoms with van der Waals surface area (Å²) in [4.78, 5) is 53.8. The van der Waals surface area contributed by atoms with Gasteiger partial charge in [-0.05, 0) is 118 Å². The van der Waals surface area contributed by atoms with Crippen LogP contribution < -0.4 is 0 Å². The van der Waals surface area contributed by atoms with Crippen LogP contribution in [0, 0.1) is 11.3 Å². The minimum Gasteiger partial charge on any atom is -0.481 e.